The molecule has 2 rings (SSSR count). The van der Waals surface area contributed by atoms with Crippen LogP contribution in [-0.2, 0) is 5.41 Å². The van der Waals surface area contributed by atoms with E-state index in [1.165, 1.54) is 0 Å². The fourth-order valence-corrected chi connectivity index (χ4v) is 1.76. The van der Waals surface area contributed by atoms with Crippen LogP contribution in [0, 0.1) is 17.5 Å². The van der Waals surface area contributed by atoms with Gasteiger partial charge in [-0.1, -0.05) is 0 Å². The maximum atomic E-state index is 13.3. The van der Waals surface area contributed by atoms with Gasteiger partial charge < -0.3 is 5.73 Å². The van der Waals surface area contributed by atoms with E-state index in [9.17, 15) is 13.2 Å². The molecule has 0 bridgehead atoms. The standard InChI is InChI=1S/C10H10F3N/c11-6-3-7(12)9(8(13)4-6)10(5-14)1-2-10/h3-4H,1-2,5,14H2. The molecular formula is C10H10F3N. The Bertz CT molecular complexity index is 349. The van der Waals surface area contributed by atoms with Gasteiger partial charge in [-0.05, 0) is 12.8 Å². The van der Waals surface area contributed by atoms with Crippen LogP contribution in [0.3, 0.4) is 0 Å². The van der Waals surface area contributed by atoms with E-state index >= 15 is 0 Å². The van der Waals surface area contributed by atoms with Gasteiger partial charge >= 0.3 is 0 Å². The van der Waals surface area contributed by atoms with Crippen LogP contribution in [0.5, 0.6) is 0 Å². The summed E-state index contributed by atoms with van der Waals surface area (Å²) in [5.74, 6) is -2.55. The van der Waals surface area contributed by atoms with E-state index < -0.39 is 22.9 Å². The summed E-state index contributed by atoms with van der Waals surface area (Å²) in [6.45, 7) is 0.201. The molecule has 2 N–H and O–H groups in total. The summed E-state index contributed by atoms with van der Waals surface area (Å²) >= 11 is 0. The Morgan fingerprint density at radius 3 is 2.00 bits per heavy atom. The first-order valence-electron chi connectivity index (χ1n) is 4.44. The highest BCUT2D eigenvalue weighted by atomic mass is 19.1. The van der Waals surface area contributed by atoms with Gasteiger partial charge in [0.1, 0.15) is 17.5 Å². The highest BCUT2D eigenvalue weighted by Crippen LogP contribution is 2.49. The molecule has 4 heteroatoms. The molecule has 1 nitrogen and oxygen atoms in total. The lowest BCUT2D eigenvalue weighted by molar-refractivity contribution is 0.495. The van der Waals surface area contributed by atoms with Crippen LogP contribution in [0.1, 0.15) is 18.4 Å². The van der Waals surface area contributed by atoms with Crippen molar-refractivity contribution >= 4 is 0 Å². The van der Waals surface area contributed by atoms with Crippen LogP contribution in [0.2, 0.25) is 0 Å². The number of hydrogen-bond donors (Lipinski definition) is 1. The van der Waals surface area contributed by atoms with E-state index in [-0.39, 0.29) is 12.1 Å². The molecule has 0 spiro atoms. The Balaban J connectivity index is 2.53. The van der Waals surface area contributed by atoms with Gasteiger partial charge in [-0.3, -0.25) is 0 Å². The van der Waals surface area contributed by atoms with E-state index in [1.807, 2.05) is 0 Å². The summed E-state index contributed by atoms with van der Waals surface area (Å²) in [4.78, 5) is 0. The normalized spacial score (nSPS) is 18.3. The molecule has 1 aliphatic rings. The smallest absolute Gasteiger partial charge is 0.132 e. The molecule has 1 aromatic rings. The van der Waals surface area contributed by atoms with Crippen molar-refractivity contribution in [2.75, 3.05) is 6.54 Å². The van der Waals surface area contributed by atoms with Crippen molar-refractivity contribution in [3.63, 3.8) is 0 Å². The number of nitrogens with two attached hydrogens (primary N) is 1. The van der Waals surface area contributed by atoms with Gasteiger partial charge in [0.2, 0.25) is 0 Å². The van der Waals surface area contributed by atoms with E-state index in [1.54, 1.807) is 0 Å². The SMILES string of the molecule is NCC1(c2c(F)cc(F)cc2F)CC1. The molecular weight excluding hydrogens is 191 g/mol. The Labute approximate surface area is 79.7 Å². The maximum Gasteiger partial charge on any atom is 0.132 e. The van der Waals surface area contributed by atoms with Crippen molar-refractivity contribution in [2.24, 2.45) is 5.73 Å². The summed E-state index contributed by atoms with van der Waals surface area (Å²) in [7, 11) is 0. The van der Waals surface area contributed by atoms with Crippen LogP contribution < -0.4 is 5.73 Å². The molecule has 0 amide bonds. The molecule has 0 saturated heterocycles. The molecule has 0 atom stereocenters. The molecule has 0 unspecified atom stereocenters. The lowest BCUT2D eigenvalue weighted by Gasteiger charge is -2.14. The predicted octanol–water partition coefficient (Wildman–Crippen LogP) is 2.09. The largest absolute Gasteiger partial charge is 0.330 e. The van der Waals surface area contributed by atoms with Gasteiger partial charge in [-0.15, -0.1) is 0 Å². The van der Waals surface area contributed by atoms with Crippen molar-refractivity contribution in [2.45, 2.75) is 18.3 Å². The summed E-state index contributed by atoms with van der Waals surface area (Å²) in [6.07, 6.45) is 1.34. The Morgan fingerprint density at radius 2 is 1.64 bits per heavy atom. The van der Waals surface area contributed by atoms with Crippen molar-refractivity contribution in [1.82, 2.24) is 0 Å². The zero-order valence-electron chi connectivity index (χ0n) is 7.49. The zero-order valence-corrected chi connectivity index (χ0v) is 7.49. The minimum absolute atomic E-state index is 0.0543. The third-order valence-electron chi connectivity index (χ3n) is 2.78. The molecule has 1 fully saturated rings. The molecule has 0 heterocycles. The van der Waals surface area contributed by atoms with Crippen LogP contribution in [0.4, 0.5) is 13.2 Å². The molecule has 76 valence electrons. The Hall–Kier alpha value is -1.03. The van der Waals surface area contributed by atoms with Crippen molar-refractivity contribution in [1.29, 1.82) is 0 Å². The van der Waals surface area contributed by atoms with Crippen molar-refractivity contribution < 1.29 is 13.2 Å². The van der Waals surface area contributed by atoms with E-state index in [2.05, 4.69) is 0 Å². The summed E-state index contributed by atoms with van der Waals surface area (Å²) < 4.78 is 39.2. The molecule has 1 saturated carbocycles. The van der Waals surface area contributed by atoms with Crippen LogP contribution in [0.25, 0.3) is 0 Å². The third-order valence-corrected chi connectivity index (χ3v) is 2.78. The maximum absolute atomic E-state index is 13.3. The number of halogens is 3. The molecule has 1 aliphatic carbocycles. The molecule has 0 radical (unpaired) electrons. The van der Waals surface area contributed by atoms with Crippen LogP contribution >= 0.6 is 0 Å². The molecule has 0 aromatic heterocycles. The second-order valence-electron chi connectivity index (χ2n) is 3.73. The predicted molar refractivity (Wildman–Crippen MR) is 46.3 cm³/mol. The second kappa shape index (κ2) is 2.98. The molecule has 0 aliphatic heterocycles. The lowest BCUT2D eigenvalue weighted by atomic mass is 9.95. The minimum Gasteiger partial charge on any atom is -0.330 e. The molecule has 1 aromatic carbocycles. The zero-order chi connectivity index (χ0) is 10.3. The lowest BCUT2D eigenvalue weighted by Crippen LogP contribution is -2.22. The summed E-state index contributed by atoms with van der Waals surface area (Å²) in [5.41, 5.74) is 4.81. The van der Waals surface area contributed by atoms with Crippen LogP contribution in [-0.4, -0.2) is 6.54 Å². The fourth-order valence-electron chi connectivity index (χ4n) is 1.76. The Kier molecular flexibility index (Phi) is 2.03. The van der Waals surface area contributed by atoms with Crippen LogP contribution in [0.15, 0.2) is 12.1 Å². The first kappa shape index (κ1) is 9.52. The second-order valence-corrected chi connectivity index (χ2v) is 3.73. The van der Waals surface area contributed by atoms with Crippen molar-refractivity contribution in [3.8, 4) is 0 Å². The Morgan fingerprint density at radius 1 is 1.14 bits per heavy atom. The van der Waals surface area contributed by atoms with Gasteiger partial charge in [0.05, 0.1) is 0 Å². The summed E-state index contributed by atoms with van der Waals surface area (Å²) in [6, 6.07) is 1.41. The topological polar surface area (TPSA) is 26.0 Å². The van der Waals surface area contributed by atoms with Gasteiger partial charge in [0.15, 0.2) is 0 Å². The van der Waals surface area contributed by atoms with Gasteiger partial charge in [-0.2, -0.15) is 0 Å². The average Bonchev–Trinajstić information content (AvgIpc) is 2.83. The van der Waals surface area contributed by atoms with Gasteiger partial charge in [-0.25, -0.2) is 13.2 Å². The van der Waals surface area contributed by atoms with E-state index in [0.717, 1.165) is 0 Å². The number of benzene rings is 1. The first-order chi connectivity index (χ1) is 6.59. The number of hydrogen-bond acceptors (Lipinski definition) is 1. The minimum atomic E-state index is -0.892. The first-order valence-corrected chi connectivity index (χ1v) is 4.44. The van der Waals surface area contributed by atoms with E-state index in [0.29, 0.717) is 25.0 Å². The highest BCUT2D eigenvalue weighted by Gasteiger charge is 2.46. The highest BCUT2D eigenvalue weighted by molar-refractivity contribution is 5.34. The van der Waals surface area contributed by atoms with Gasteiger partial charge in [0.25, 0.3) is 0 Å². The van der Waals surface area contributed by atoms with Crippen molar-refractivity contribution in [3.05, 3.63) is 35.1 Å². The molecule has 14 heavy (non-hydrogen) atoms. The van der Waals surface area contributed by atoms with E-state index in [4.69, 9.17) is 5.73 Å². The quantitative estimate of drug-likeness (QED) is 0.779. The third kappa shape index (κ3) is 1.30. The number of rotatable bonds is 2. The average molecular weight is 201 g/mol. The fraction of sp³-hybridized carbons (Fsp3) is 0.400. The van der Waals surface area contributed by atoms with Gasteiger partial charge in [0, 0.05) is 29.7 Å². The monoisotopic (exact) mass is 201 g/mol. The summed E-state index contributed by atoms with van der Waals surface area (Å²) in [5, 5.41) is 0.